The first-order chi connectivity index (χ1) is 9.28. The van der Waals surface area contributed by atoms with Gasteiger partial charge in [-0.05, 0) is 35.4 Å². The highest BCUT2D eigenvalue weighted by Crippen LogP contribution is 2.11. The molecule has 0 unspecified atom stereocenters. The predicted molar refractivity (Wildman–Crippen MR) is 79.6 cm³/mol. The molecule has 0 bridgehead atoms. The number of hydrogen-bond donors (Lipinski definition) is 0. The Morgan fingerprint density at radius 1 is 0.947 bits per heavy atom. The Morgan fingerprint density at radius 3 is 2.32 bits per heavy atom. The van der Waals surface area contributed by atoms with Gasteiger partial charge in [0.15, 0.2) is 0 Å². The Kier molecular flexibility index (Phi) is 4.70. The number of benzene rings is 2. The van der Waals surface area contributed by atoms with Crippen LogP contribution in [0.25, 0.3) is 0 Å². The molecule has 19 heavy (non-hydrogen) atoms. The average molecular weight is 273 g/mol. The van der Waals surface area contributed by atoms with Crippen molar-refractivity contribution in [3.05, 3.63) is 64.7 Å². The molecule has 2 aromatic rings. The molecule has 0 aromatic heterocycles. The quantitative estimate of drug-likeness (QED) is 0.616. The zero-order valence-corrected chi connectivity index (χ0v) is 11.2. The third-order valence-corrected chi connectivity index (χ3v) is 2.70. The Hall–Kier alpha value is -2.13. The van der Waals surface area contributed by atoms with Gasteiger partial charge in [0.25, 0.3) is 0 Å². The van der Waals surface area contributed by atoms with Crippen LogP contribution in [0.5, 0.6) is 5.75 Å². The fourth-order valence-electron chi connectivity index (χ4n) is 1.47. The Morgan fingerprint density at radius 2 is 1.63 bits per heavy atom. The Balaban J connectivity index is 2.00. The molecule has 0 saturated carbocycles. The summed E-state index contributed by atoms with van der Waals surface area (Å²) >= 11 is 5.80. The first-order valence-corrected chi connectivity index (χ1v) is 6.12. The molecule has 96 valence electrons. The van der Waals surface area contributed by atoms with Crippen molar-refractivity contribution in [3.8, 4) is 5.75 Å². The zero-order chi connectivity index (χ0) is 13.5. The molecule has 0 aliphatic carbocycles. The largest absolute Gasteiger partial charge is 0.497 e. The molecule has 4 heteroatoms. The molecule has 0 fully saturated rings. The van der Waals surface area contributed by atoms with Gasteiger partial charge in [-0.2, -0.15) is 10.2 Å². The fourth-order valence-corrected chi connectivity index (χ4v) is 1.60. The number of ether oxygens (including phenoxy) is 1. The van der Waals surface area contributed by atoms with E-state index in [-0.39, 0.29) is 0 Å². The standard InChI is InChI=1S/C15H13ClN2O/c1-19-15-4-2-3-13(9-15)11-18-17-10-12-5-7-14(16)8-6-12/h2-11H,1H3/b17-10+,18-11+. The number of halogens is 1. The van der Waals surface area contributed by atoms with Crippen LogP contribution in [-0.2, 0) is 0 Å². The van der Waals surface area contributed by atoms with Crippen LogP contribution in [0.15, 0.2) is 58.7 Å². The highest BCUT2D eigenvalue weighted by molar-refractivity contribution is 6.30. The molecule has 0 aliphatic rings. The van der Waals surface area contributed by atoms with Crippen LogP contribution in [-0.4, -0.2) is 19.5 Å². The first-order valence-electron chi connectivity index (χ1n) is 5.74. The lowest BCUT2D eigenvalue weighted by Gasteiger charge is -1.98. The second kappa shape index (κ2) is 6.71. The lowest BCUT2D eigenvalue weighted by atomic mass is 10.2. The topological polar surface area (TPSA) is 34.0 Å². The van der Waals surface area contributed by atoms with Crippen molar-refractivity contribution in [1.82, 2.24) is 0 Å². The number of rotatable bonds is 4. The van der Waals surface area contributed by atoms with Crippen LogP contribution in [0.1, 0.15) is 11.1 Å². The summed E-state index contributed by atoms with van der Waals surface area (Å²) < 4.78 is 5.13. The predicted octanol–water partition coefficient (Wildman–Crippen LogP) is 3.80. The van der Waals surface area contributed by atoms with Crippen molar-refractivity contribution in [2.75, 3.05) is 7.11 Å². The van der Waals surface area contributed by atoms with Crippen LogP contribution in [0.3, 0.4) is 0 Å². The molecule has 0 heterocycles. The molecule has 0 aliphatic heterocycles. The number of methoxy groups -OCH3 is 1. The molecule has 0 radical (unpaired) electrons. The lowest BCUT2D eigenvalue weighted by Crippen LogP contribution is -1.85. The monoisotopic (exact) mass is 272 g/mol. The minimum Gasteiger partial charge on any atom is -0.497 e. The molecule has 0 N–H and O–H groups in total. The Bertz CT molecular complexity index is 591. The summed E-state index contributed by atoms with van der Waals surface area (Å²) in [4.78, 5) is 0. The average Bonchev–Trinajstić information content (AvgIpc) is 2.46. The maximum Gasteiger partial charge on any atom is 0.119 e. The molecule has 3 nitrogen and oxygen atoms in total. The number of nitrogens with zero attached hydrogens (tertiary/aromatic N) is 2. The second-order valence-corrected chi connectivity index (χ2v) is 4.25. The summed E-state index contributed by atoms with van der Waals surface area (Å²) in [6.07, 6.45) is 3.35. The van der Waals surface area contributed by atoms with E-state index in [9.17, 15) is 0 Å². The molecule has 0 saturated heterocycles. The molecule has 0 spiro atoms. The molecule has 0 amide bonds. The van der Waals surface area contributed by atoms with Crippen LogP contribution >= 0.6 is 11.6 Å². The van der Waals surface area contributed by atoms with E-state index in [2.05, 4.69) is 10.2 Å². The Labute approximate surface area is 117 Å². The normalized spacial score (nSPS) is 11.3. The van der Waals surface area contributed by atoms with Crippen molar-refractivity contribution in [2.45, 2.75) is 0 Å². The molecule has 0 atom stereocenters. The van der Waals surface area contributed by atoms with Gasteiger partial charge in [0.1, 0.15) is 5.75 Å². The SMILES string of the molecule is COc1cccc(/C=N/N=C/c2ccc(Cl)cc2)c1. The third kappa shape index (κ3) is 4.23. The van der Waals surface area contributed by atoms with E-state index in [4.69, 9.17) is 16.3 Å². The van der Waals surface area contributed by atoms with Crippen molar-refractivity contribution >= 4 is 24.0 Å². The number of hydrogen-bond acceptors (Lipinski definition) is 3. The van der Waals surface area contributed by atoms with Gasteiger partial charge in [0.05, 0.1) is 19.5 Å². The smallest absolute Gasteiger partial charge is 0.119 e. The van der Waals surface area contributed by atoms with Gasteiger partial charge < -0.3 is 4.74 Å². The van der Waals surface area contributed by atoms with Crippen molar-refractivity contribution in [3.63, 3.8) is 0 Å². The molecule has 2 rings (SSSR count). The second-order valence-electron chi connectivity index (χ2n) is 3.82. The lowest BCUT2D eigenvalue weighted by molar-refractivity contribution is 0.415. The van der Waals surface area contributed by atoms with Gasteiger partial charge in [-0.25, -0.2) is 0 Å². The van der Waals surface area contributed by atoms with Gasteiger partial charge in [0.2, 0.25) is 0 Å². The highest BCUT2D eigenvalue weighted by Gasteiger charge is 1.91. The minimum absolute atomic E-state index is 0.706. The van der Waals surface area contributed by atoms with Crippen molar-refractivity contribution in [2.24, 2.45) is 10.2 Å². The van der Waals surface area contributed by atoms with E-state index in [0.717, 1.165) is 16.9 Å². The van der Waals surface area contributed by atoms with E-state index in [1.807, 2.05) is 48.5 Å². The summed E-state index contributed by atoms with van der Waals surface area (Å²) in [5.74, 6) is 0.797. The van der Waals surface area contributed by atoms with E-state index < -0.39 is 0 Å². The van der Waals surface area contributed by atoms with E-state index in [1.54, 1.807) is 19.5 Å². The maximum absolute atomic E-state index is 5.80. The fraction of sp³-hybridized carbons (Fsp3) is 0.0667. The van der Waals surface area contributed by atoms with E-state index >= 15 is 0 Å². The van der Waals surface area contributed by atoms with Crippen LogP contribution in [0.4, 0.5) is 0 Å². The molecular weight excluding hydrogens is 260 g/mol. The van der Waals surface area contributed by atoms with Crippen LogP contribution in [0, 0.1) is 0 Å². The zero-order valence-electron chi connectivity index (χ0n) is 10.5. The summed E-state index contributed by atoms with van der Waals surface area (Å²) in [5, 5.41) is 8.68. The van der Waals surface area contributed by atoms with Crippen molar-refractivity contribution < 1.29 is 4.74 Å². The van der Waals surface area contributed by atoms with Crippen LogP contribution < -0.4 is 4.74 Å². The third-order valence-electron chi connectivity index (χ3n) is 2.44. The highest BCUT2D eigenvalue weighted by atomic mass is 35.5. The summed E-state index contributed by atoms with van der Waals surface area (Å²) in [6.45, 7) is 0. The summed E-state index contributed by atoms with van der Waals surface area (Å²) in [7, 11) is 1.63. The summed E-state index contributed by atoms with van der Waals surface area (Å²) in [5.41, 5.74) is 1.89. The van der Waals surface area contributed by atoms with Gasteiger partial charge in [-0.15, -0.1) is 0 Å². The van der Waals surface area contributed by atoms with Gasteiger partial charge in [-0.1, -0.05) is 35.9 Å². The molecule has 2 aromatic carbocycles. The summed E-state index contributed by atoms with van der Waals surface area (Å²) in [6, 6.07) is 15.0. The van der Waals surface area contributed by atoms with Gasteiger partial charge in [-0.3, -0.25) is 0 Å². The maximum atomic E-state index is 5.80. The molecular formula is C15H13ClN2O. The van der Waals surface area contributed by atoms with Crippen LogP contribution in [0.2, 0.25) is 5.02 Å². The van der Waals surface area contributed by atoms with E-state index in [1.165, 1.54) is 0 Å². The van der Waals surface area contributed by atoms with Crippen molar-refractivity contribution in [1.29, 1.82) is 0 Å². The van der Waals surface area contributed by atoms with Gasteiger partial charge >= 0.3 is 0 Å². The van der Waals surface area contributed by atoms with Gasteiger partial charge in [0, 0.05) is 5.02 Å². The minimum atomic E-state index is 0.706. The van der Waals surface area contributed by atoms with E-state index in [0.29, 0.717) is 5.02 Å². The first kappa shape index (κ1) is 13.3.